The highest BCUT2D eigenvalue weighted by Gasteiger charge is 2.12. The molecule has 1 aliphatic heterocycles. The minimum atomic E-state index is 0.780. The van der Waals surface area contributed by atoms with E-state index in [9.17, 15) is 0 Å². The van der Waals surface area contributed by atoms with Crippen LogP contribution in [0.15, 0.2) is 18.2 Å². The monoisotopic (exact) mass is 267 g/mol. The Morgan fingerprint density at radius 1 is 1.33 bits per heavy atom. The third-order valence-corrected chi connectivity index (χ3v) is 3.88. The molecule has 0 aliphatic carbocycles. The normalized spacial score (nSPS) is 16.6. The molecule has 0 radical (unpaired) electrons. The van der Waals surface area contributed by atoms with Gasteiger partial charge in [-0.05, 0) is 56.7 Å². The number of likely N-dealkylation sites (tertiary alicyclic amines) is 1. The third-order valence-electron chi connectivity index (χ3n) is 3.51. The van der Waals surface area contributed by atoms with E-state index in [-0.39, 0.29) is 0 Å². The molecule has 1 aliphatic rings. The van der Waals surface area contributed by atoms with Gasteiger partial charge in [-0.1, -0.05) is 11.6 Å². The van der Waals surface area contributed by atoms with E-state index in [1.165, 1.54) is 25.9 Å². The van der Waals surface area contributed by atoms with E-state index < -0.39 is 0 Å². The summed E-state index contributed by atoms with van der Waals surface area (Å²) in [5.41, 5.74) is 7.68. The largest absolute Gasteiger partial charge is 0.399 e. The topological polar surface area (TPSA) is 32.5 Å². The molecular weight excluding hydrogens is 246 g/mol. The Kier molecular flexibility index (Phi) is 4.87. The standard InChI is InChI=1S/C14H22ClN3/c1-17(8-9-18-6-2-3-7-18)11-12-10-13(16)4-5-14(12)15/h4-5,10H,2-3,6-9,11,16H2,1H3. The molecule has 1 fully saturated rings. The van der Waals surface area contributed by atoms with Gasteiger partial charge in [0.1, 0.15) is 0 Å². The Balaban J connectivity index is 1.82. The van der Waals surface area contributed by atoms with Crippen molar-refractivity contribution in [2.24, 2.45) is 0 Å². The Hall–Kier alpha value is -0.770. The molecule has 2 N–H and O–H groups in total. The van der Waals surface area contributed by atoms with Gasteiger partial charge in [-0.25, -0.2) is 0 Å². The van der Waals surface area contributed by atoms with Gasteiger partial charge >= 0.3 is 0 Å². The molecule has 0 spiro atoms. The fourth-order valence-corrected chi connectivity index (χ4v) is 2.58. The van der Waals surface area contributed by atoms with Crippen LogP contribution >= 0.6 is 11.6 Å². The van der Waals surface area contributed by atoms with Crippen LogP contribution < -0.4 is 5.73 Å². The predicted molar refractivity (Wildman–Crippen MR) is 77.9 cm³/mol. The lowest BCUT2D eigenvalue weighted by molar-refractivity contribution is 0.252. The highest BCUT2D eigenvalue weighted by Crippen LogP contribution is 2.20. The van der Waals surface area contributed by atoms with Gasteiger partial charge in [0.25, 0.3) is 0 Å². The molecule has 2 rings (SSSR count). The summed E-state index contributed by atoms with van der Waals surface area (Å²) in [7, 11) is 2.13. The third kappa shape index (κ3) is 3.87. The molecule has 4 heteroatoms. The van der Waals surface area contributed by atoms with E-state index >= 15 is 0 Å². The van der Waals surface area contributed by atoms with Gasteiger partial charge < -0.3 is 15.5 Å². The average Bonchev–Trinajstić information content (AvgIpc) is 2.84. The van der Waals surface area contributed by atoms with Crippen LogP contribution in [0.1, 0.15) is 18.4 Å². The van der Waals surface area contributed by atoms with Crippen LogP contribution in [0.3, 0.4) is 0 Å². The zero-order chi connectivity index (χ0) is 13.0. The molecule has 1 aromatic rings. The number of likely N-dealkylation sites (N-methyl/N-ethyl adjacent to an activating group) is 1. The van der Waals surface area contributed by atoms with Gasteiger partial charge in [-0.3, -0.25) is 0 Å². The quantitative estimate of drug-likeness (QED) is 0.832. The van der Waals surface area contributed by atoms with Gasteiger partial charge in [0.15, 0.2) is 0 Å². The van der Waals surface area contributed by atoms with Gasteiger partial charge in [0.2, 0.25) is 0 Å². The second kappa shape index (κ2) is 6.41. The van der Waals surface area contributed by atoms with Crippen molar-refractivity contribution >= 4 is 17.3 Å². The maximum Gasteiger partial charge on any atom is 0.0452 e. The summed E-state index contributed by atoms with van der Waals surface area (Å²) in [6.07, 6.45) is 2.70. The van der Waals surface area contributed by atoms with Crippen LogP contribution in [-0.4, -0.2) is 43.0 Å². The second-order valence-electron chi connectivity index (χ2n) is 5.14. The second-order valence-corrected chi connectivity index (χ2v) is 5.54. The lowest BCUT2D eigenvalue weighted by atomic mass is 10.2. The predicted octanol–water partition coefficient (Wildman–Crippen LogP) is 2.45. The summed E-state index contributed by atoms with van der Waals surface area (Å²) in [5.74, 6) is 0. The van der Waals surface area contributed by atoms with E-state index in [1.807, 2.05) is 18.2 Å². The van der Waals surface area contributed by atoms with Crippen molar-refractivity contribution < 1.29 is 0 Å². The van der Waals surface area contributed by atoms with E-state index in [0.29, 0.717) is 0 Å². The van der Waals surface area contributed by atoms with Crippen molar-refractivity contribution in [3.63, 3.8) is 0 Å². The summed E-state index contributed by atoms with van der Waals surface area (Å²) in [6.45, 7) is 5.60. The molecule has 0 saturated carbocycles. The van der Waals surface area contributed by atoms with Crippen molar-refractivity contribution in [2.75, 3.05) is 39.0 Å². The number of hydrogen-bond acceptors (Lipinski definition) is 3. The minimum Gasteiger partial charge on any atom is -0.399 e. The van der Waals surface area contributed by atoms with Crippen LogP contribution in [0.2, 0.25) is 5.02 Å². The molecule has 0 amide bonds. The van der Waals surface area contributed by atoms with E-state index in [0.717, 1.165) is 35.9 Å². The van der Waals surface area contributed by atoms with Gasteiger partial charge in [0, 0.05) is 30.3 Å². The van der Waals surface area contributed by atoms with Gasteiger partial charge in [0.05, 0.1) is 0 Å². The molecule has 0 atom stereocenters. The van der Waals surface area contributed by atoms with Crippen molar-refractivity contribution in [2.45, 2.75) is 19.4 Å². The number of nitrogens with zero attached hydrogens (tertiary/aromatic N) is 2. The van der Waals surface area contributed by atoms with Crippen molar-refractivity contribution in [3.8, 4) is 0 Å². The molecule has 100 valence electrons. The van der Waals surface area contributed by atoms with Crippen molar-refractivity contribution in [1.29, 1.82) is 0 Å². The highest BCUT2D eigenvalue weighted by atomic mass is 35.5. The maximum atomic E-state index is 6.17. The molecule has 0 unspecified atom stereocenters. The highest BCUT2D eigenvalue weighted by molar-refractivity contribution is 6.31. The summed E-state index contributed by atoms with van der Waals surface area (Å²) in [4.78, 5) is 4.83. The number of anilines is 1. The number of rotatable bonds is 5. The number of halogens is 1. The maximum absolute atomic E-state index is 6.17. The molecular formula is C14H22ClN3. The SMILES string of the molecule is CN(CCN1CCCC1)Cc1cc(N)ccc1Cl. The smallest absolute Gasteiger partial charge is 0.0452 e. The van der Waals surface area contributed by atoms with E-state index in [1.54, 1.807) is 0 Å². The van der Waals surface area contributed by atoms with Crippen LogP contribution in [0.25, 0.3) is 0 Å². The fraction of sp³-hybridized carbons (Fsp3) is 0.571. The summed E-state index contributed by atoms with van der Waals surface area (Å²) >= 11 is 6.17. The first-order valence-corrected chi connectivity index (χ1v) is 6.98. The number of benzene rings is 1. The first-order chi connectivity index (χ1) is 8.65. The number of nitrogen functional groups attached to an aromatic ring is 1. The van der Waals surface area contributed by atoms with Crippen LogP contribution in [0.4, 0.5) is 5.69 Å². The summed E-state index contributed by atoms with van der Waals surface area (Å²) < 4.78 is 0. The van der Waals surface area contributed by atoms with E-state index in [4.69, 9.17) is 17.3 Å². The number of nitrogens with two attached hydrogens (primary N) is 1. The Morgan fingerprint density at radius 2 is 2.06 bits per heavy atom. The number of hydrogen-bond donors (Lipinski definition) is 1. The Labute approximate surface area is 115 Å². The van der Waals surface area contributed by atoms with Crippen molar-refractivity contribution in [3.05, 3.63) is 28.8 Å². The Morgan fingerprint density at radius 3 is 2.78 bits per heavy atom. The minimum absolute atomic E-state index is 0.780. The molecule has 0 bridgehead atoms. The van der Waals surface area contributed by atoms with Crippen molar-refractivity contribution in [1.82, 2.24) is 9.80 Å². The lowest BCUT2D eigenvalue weighted by Crippen LogP contribution is -2.31. The molecule has 3 nitrogen and oxygen atoms in total. The molecule has 0 aromatic heterocycles. The molecule has 18 heavy (non-hydrogen) atoms. The van der Waals surface area contributed by atoms with Gasteiger partial charge in [-0.2, -0.15) is 0 Å². The average molecular weight is 268 g/mol. The lowest BCUT2D eigenvalue weighted by Gasteiger charge is -2.21. The Bertz CT molecular complexity index is 389. The first-order valence-electron chi connectivity index (χ1n) is 6.60. The molecule has 1 aromatic carbocycles. The zero-order valence-corrected chi connectivity index (χ0v) is 11.8. The summed E-state index contributed by atoms with van der Waals surface area (Å²) in [5, 5.41) is 0.803. The van der Waals surface area contributed by atoms with Crippen LogP contribution in [0, 0.1) is 0 Å². The zero-order valence-electron chi connectivity index (χ0n) is 11.0. The molecule has 1 saturated heterocycles. The van der Waals surface area contributed by atoms with Crippen LogP contribution in [-0.2, 0) is 6.54 Å². The first kappa shape index (κ1) is 13.7. The fourth-order valence-electron chi connectivity index (χ4n) is 2.40. The van der Waals surface area contributed by atoms with Gasteiger partial charge in [-0.15, -0.1) is 0 Å². The molecule has 1 heterocycles. The van der Waals surface area contributed by atoms with Crippen LogP contribution in [0.5, 0.6) is 0 Å². The summed E-state index contributed by atoms with van der Waals surface area (Å²) in [6, 6.07) is 5.69. The van der Waals surface area contributed by atoms with E-state index in [2.05, 4.69) is 16.8 Å².